The van der Waals surface area contributed by atoms with E-state index in [9.17, 15) is 14.7 Å². The molecule has 0 aromatic heterocycles. The van der Waals surface area contributed by atoms with Gasteiger partial charge in [0.05, 0.1) is 5.02 Å². The van der Waals surface area contributed by atoms with E-state index in [0.29, 0.717) is 11.1 Å². The van der Waals surface area contributed by atoms with E-state index in [0.717, 1.165) is 0 Å². The molecule has 0 atom stereocenters. The number of halogens is 1. The number of carbonyl (C=O) groups is 2. The number of hydrogen-bond acceptors (Lipinski definition) is 4. The van der Waals surface area contributed by atoms with E-state index in [1.54, 1.807) is 33.8 Å². The van der Waals surface area contributed by atoms with Crippen LogP contribution >= 0.6 is 11.6 Å². The van der Waals surface area contributed by atoms with Gasteiger partial charge in [-0.25, -0.2) is 9.59 Å². The monoisotopic (exact) mass is 342 g/mol. The molecule has 6 heteroatoms. The summed E-state index contributed by atoms with van der Waals surface area (Å²) in [5.74, 6) is -1.40. The fourth-order valence-corrected chi connectivity index (χ4v) is 2.50. The molecule has 0 amide bonds. The molecule has 1 N–H and O–H groups in total. The molecule has 0 radical (unpaired) electrons. The summed E-state index contributed by atoms with van der Waals surface area (Å²) in [6.07, 6.45) is -0.993. The number of aryl methyl sites for hydroxylation is 1. The van der Waals surface area contributed by atoms with Crippen molar-refractivity contribution in [3.8, 4) is 5.75 Å². The van der Waals surface area contributed by atoms with Gasteiger partial charge in [-0.2, -0.15) is 0 Å². The summed E-state index contributed by atoms with van der Waals surface area (Å²) >= 11 is 6.33. The number of carboxylic acid groups (broad SMARTS) is 1. The lowest BCUT2D eigenvalue weighted by atomic mass is 9.85. The molecule has 1 rings (SSSR count). The summed E-state index contributed by atoms with van der Waals surface area (Å²) in [6.45, 7) is 12.5. The van der Waals surface area contributed by atoms with Gasteiger partial charge in [-0.3, -0.25) is 0 Å². The molecular weight excluding hydrogens is 320 g/mol. The van der Waals surface area contributed by atoms with E-state index < -0.39 is 17.7 Å². The first-order valence-electron chi connectivity index (χ1n) is 7.21. The number of carboxylic acids is 1. The third-order valence-corrected chi connectivity index (χ3v) is 3.39. The van der Waals surface area contributed by atoms with Crippen LogP contribution in [0.2, 0.25) is 5.02 Å². The maximum Gasteiger partial charge on any atom is 0.514 e. The zero-order valence-corrected chi connectivity index (χ0v) is 15.3. The van der Waals surface area contributed by atoms with Crippen molar-refractivity contribution in [3.63, 3.8) is 0 Å². The SMILES string of the molecule is Cc1cc(C(C)(C)C)c(Cl)c(OC(=O)OC(C)(C)C)c1C(=O)O. The average molecular weight is 343 g/mol. The number of ether oxygens (including phenoxy) is 2. The van der Waals surface area contributed by atoms with E-state index in [4.69, 9.17) is 21.1 Å². The number of benzene rings is 1. The van der Waals surface area contributed by atoms with Crippen molar-refractivity contribution in [1.82, 2.24) is 0 Å². The minimum atomic E-state index is -1.22. The summed E-state index contributed by atoms with van der Waals surface area (Å²) < 4.78 is 10.2. The Morgan fingerprint density at radius 1 is 1.13 bits per heavy atom. The van der Waals surface area contributed by atoms with Crippen LogP contribution < -0.4 is 4.74 Å². The highest BCUT2D eigenvalue weighted by Crippen LogP contribution is 2.40. The van der Waals surface area contributed by atoms with Gasteiger partial charge in [0.1, 0.15) is 11.2 Å². The van der Waals surface area contributed by atoms with Crippen LogP contribution in [0.5, 0.6) is 5.75 Å². The Balaban J connectivity index is 3.46. The van der Waals surface area contributed by atoms with E-state index in [1.807, 2.05) is 20.8 Å². The van der Waals surface area contributed by atoms with Crippen LogP contribution in [0, 0.1) is 6.92 Å². The zero-order chi connectivity index (χ0) is 18.2. The fourth-order valence-electron chi connectivity index (χ4n) is 2.02. The van der Waals surface area contributed by atoms with E-state index >= 15 is 0 Å². The standard InChI is InChI=1S/C17H23ClO5/c1-9-8-10(16(2,3)4)12(18)13(11(9)14(19)20)22-15(21)23-17(5,6)7/h8H,1-7H3,(H,19,20). The molecule has 1 aromatic rings. The molecule has 0 heterocycles. The molecule has 128 valence electrons. The van der Waals surface area contributed by atoms with Crippen molar-refractivity contribution in [1.29, 1.82) is 0 Å². The van der Waals surface area contributed by atoms with Gasteiger partial charge in [-0.05, 0) is 44.2 Å². The zero-order valence-electron chi connectivity index (χ0n) is 14.5. The summed E-state index contributed by atoms with van der Waals surface area (Å²) in [5, 5.41) is 9.52. The van der Waals surface area contributed by atoms with Crippen molar-refractivity contribution in [3.05, 3.63) is 27.8 Å². The van der Waals surface area contributed by atoms with Gasteiger partial charge in [0, 0.05) is 0 Å². The Morgan fingerprint density at radius 2 is 1.65 bits per heavy atom. The molecule has 0 saturated carbocycles. The van der Waals surface area contributed by atoms with Crippen LogP contribution in [0.25, 0.3) is 0 Å². The molecule has 0 spiro atoms. The second-order valence-corrected chi connectivity index (χ2v) is 7.76. The van der Waals surface area contributed by atoms with Gasteiger partial charge in [0.2, 0.25) is 0 Å². The molecule has 0 bridgehead atoms. The van der Waals surface area contributed by atoms with Gasteiger partial charge in [-0.1, -0.05) is 38.4 Å². The molecule has 0 saturated heterocycles. The van der Waals surface area contributed by atoms with Crippen LogP contribution in [0.1, 0.15) is 63.0 Å². The fraction of sp³-hybridized carbons (Fsp3) is 0.529. The van der Waals surface area contributed by atoms with Gasteiger partial charge in [0.15, 0.2) is 5.75 Å². The van der Waals surface area contributed by atoms with Crippen molar-refractivity contribution in [2.75, 3.05) is 0 Å². The number of rotatable bonds is 2. The first kappa shape index (κ1) is 19.3. The summed E-state index contributed by atoms with van der Waals surface area (Å²) in [7, 11) is 0. The predicted molar refractivity (Wildman–Crippen MR) is 88.7 cm³/mol. The van der Waals surface area contributed by atoms with Gasteiger partial charge in [-0.15, -0.1) is 0 Å². The highest BCUT2D eigenvalue weighted by molar-refractivity contribution is 6.33. The molecule has 23 heavy (non-hydrogen) atoms. The minimum Gasteiger partial charge on any atom is -0.478 e. The second kappa shape index (κ2) is 6.40. The molecular formula is C17H23ClO5. The van der Waals surface area contributed by atoms with E-state index in [2.05, 4.69) is 0 Å². The number of hydrogen-bond donors (Lipinski definition) is 1. The Hall–Kier alpha value is -1.75. The first-order chi connectivity index (χ1) is 10.2. The average Bonchev–Trinajstić information content (AvgIpc) is 2.28. The van der Waals surface area contributed by atoms with Crippen LogP contribution in [0.4, 0.5) is 4.79 Å². The molecule has 0 aliphatic heterocycles. The lowest BCUT2D eigenvalue weighted by Crippen LogP contribution is -2.27. The summed E-state index contributed by atoms with van der Waals surface area (Å²) in [5.41, 5.74) is -0.0892. The minimum absolute atomic E-state index is 0.103. The summed E-state index contributed by atoms with van der Waals surface area (Å²) in [6, 6.07) is 1.70. The molecule has 0 unspecified atom stereocenters. The molecule has 0 aliphatic rings. The highest BCUT2D eigenvalue weighted by Gasteiger charge is 2.29. The summed E-state index contributed by atoms with van der Waals surface area (Å²) in [4.78, 5) is 23.5. The smallest absolute Gasteiger partial charge is 0.478 e. The molecule has 1 aromatic carbocycles. The highest BCUT2D eigenvalue weighted by atomic mass is 35.5. The van der Waals surface area contributed by atoms with Crippen molar-refractivity contribution < 1.29 is 24.2 Å². The van der Waals surface area contributed by atoms with E-state index in [-0.39, 0.29) is 21.8 Å². The quantitative estimate of drug-likeness (QED) is 0.607. The van der Waals surface area contributed by atoms with Gasteiger partial charge >= 0.3 is 12.1 Å². The van der Waals surface area contributed by atoms with Crippen LogP contribution in [-0.2, 0) is 10.2 Å². The van der Waals surface area contributed by atoms with Crippen molar-refractivity contribution in [2.45, 2.75) is 59.5 Å². The Labute approximate surface area is 141 Å². The van der Waals surface area contributed by atoms with Gasteiger partial charge in [0.25, 0.3) is 0 Å². The third kappa shape index (κ3) is 4.86. The second-order valence-electron chi connectivity index (χ2n) is 7.38. The Kier molecular flexibility index (Phi) is 5.37. The first-order valence-corrected chi connectivity index (χ1v) is 7.59. The largest absolute Gasteiger partial charge is 0.514 e. The predicted octanol–water partition coefficient (Wildman–Crippen LogP) is 4.96. The maximum absolute atomic E-state index is 11.9. The van der Waals surface area contributed by atoms with Gasteiger partial charge < -0.3 is 14.6 Å². The topological polar surface area (TPSA) is 72.8 Å². The number of carbonyl (C=O) groups excluding carboxylic acids is 1. The lowest BCUT2D eigenvalue weighted by Gasteiger charge is -2.25. The number of aromatic carboxylic acids is 1. The molecule has 0 aliphatic carbocycles. The van der Waals surface area contributed by atoms with Crippen LogP contribution in [0.15, 0.2) is 6.07 Å². The van der Waals surface area contributed by atoms with Crippen molar-refractivity contribution >= 4 is 23.7 Å². The molecule has 0 fully saturated rings. The normalized spacial score (nSPS) is 12.0. The van der Waals surface area contributed by atoms with E-state index in [1.165, 1.54) is 0 Å². The van der Waals surface area contributed by atoms with Crippen LogP contribution in [-0.4, -0.2) is 22.8 Å². The Morgan fingerprint density at radius 3 is 2.04 bits per heavy atom. The van der Waals surface area contributed by atoms with Crippen LogP contribution in [0.3, 0.4) is 0 Å². The molecule has 5 nitrogen and oxygen atoms in total. The maximum atomic E-state index is 11.9. The lowest BCUT2D eigenvalue weighted by molar-refractivity contribution is 0.0204. The Bertz CT molecular complexity index is 636. The third-order valence-electron chi connectivity index (χ3n) is 3.01. The van der Waals surface area contributed by atoms with Crippen molar-refractivity contribution in [2.24, 2.45) is 0 Å².